The molecular weight excluding hydrogens is 496 g/mol. The van der Waals surface area contributed by atoms with E-state index in [1.54, 1.807) is 38.1 Å². The lowest BCUT2D eigenvalue weighted by Gasteiger charge is -2.31. The summed E-state index contributed by atoms with van der Waals surface area (Å²) in [6, 6.07) is 7.05. The number of nitrogens with one attached hydrogen (secondary N) is 1. The second kappa shape index (κ2) is 15.4. The van der Waals surface area contributed by atoms with Crippen molar-refractivity contribution in [2.24, 2.45) is 5.73 Å². The average Bonchev–Trinajstić information content (AvgIpc) is 2.83. The van der Waals surface area contributed by atoms with Gasteiger partial charge in [0.15, 0.2) is 0 Å². The first-order valence-electron chi connectivity index (χ1n) is 10.7. The number of esters is 2. The minimum atomic E-state index is -1.26. The lowest BCUT2D eigenvalue weighted by Crippen LogP contribution is -2.35. The lowest BCUT2D eigenvalue weighted by molar-refractivity contribution is -0.139. The van der Waals surface area contributed by atoms with Gasteiger partial charge in [0.05, 0.1) is 49.7 Å². The molecule has 1 heterocycles. The van der Waals surface area contributed by atoms with Gasteiger partial charge in [0.1, 0.15) is 0 Å². The smallest absolute Gasteiger partial charge is 0.336 e. The molecule has 1 aromatic carbocycles. The summed E-state index contributed by atoms with van der Waals surface area (Å²) in [4.78, 5) is 44.6. The molecule has 0 amide bonds. The van der Waals surface area contributed by atoms with Gasteiger partial charge < -0.3 is 35.5 Å². The van der Waals surface area contributed by atoms with Crippen LogP contribution in [0.4, 0.5) is 0 Å². The van der Waals surface area contributed by atoms with Crippen LogP contribution in [-0.4, -0.2) is 67.6 Å². The predicted molar refractivity (Wildman–Crippen MR) is 130 cm³/mol. The van der Waals surface area contributed by atoms with Gasteiger partial charge in [0.25, 0.3) is 0 Å². The van der Waals surface area contributed by atoms with Crippen LogP contribution in [0.15, 0.2) is 59.0 Å². The van der Waals surface area contributed by atoms with Crippen molar-refractivity contribution in [1.82, 2.24) is 5.32 Å². The van der Waals surface area contributed by atoms with Crippen LogP contribution >= 0.6 is 11.6 Å². The molecule has 2 rings (SSSR count). The van der Waals surface area contributed by atoms with Gasteiger partial charge in [0.2, 0.25) is 0 Å². The molecule has 1 aromatic rings. The van der Waals surface area contributed by atoms with Crippen molar-refractivity contribution in [2.45, 2.75) is 19.8 Å². The number of methoxy groups -OCH3 is 1. The normalized spacial score (nSPS) is 15.1. The number of allylic oxidation sites excluding steroid dienone is 1. The maximum atomic E-state index is 12.9. The summed E-state index contributed by atoms with van der Waals surface area (Å²) < 4.78 is 15.8. The molecular formula is C24H29ClN2O9. The first-order valence-corrected chi connectivity index (χ1v) is 11.1. The third kappa shape index (κ3) is 8.84. The average molecular weight is 525 g/mol. The van der Waals surface area contributed by atoms with E-state index in [9.17, 15) is 19.2 Å². The molecule has 196 valence electrons. The van der Waals surface area contributed by atoms with Crippen LogP contribution in [0.25, 0.3) is 0 Å². The fourth-order valence-corrected chi connectivity index (χ4v) is 3.51. The Bertz CT molecular complexity index is 1050. The molecule has 1 unspecified atom stereocenters. The first kappa shape index (κ1) is 30.4. The topological polar surface area (TPSA) is 174 Å². The second-order valence-electron chi connectivity index (χ2n) is 7.07. The van der Waals surface area contributed by atoms with Crippen LogP contribution in [0.2, 0.25) is 5.02 Å². The SMILES string of the molecule is CCOC(=O)C1=C(COCCN)NC(C)=C(C(=O)OC)C1c1ccccc1Cl.O=C(O)/C=C/C(=O)O. The fourth-order valence-electron chi connectivity index (χ4n) is 3.26. The number of carboxylic acids is 2. The highest BCUT2D eigenvalue weighted by Gasteiger charge is 2.39. The summed E-state index contributed by atoms with van der Waals surface area (Å²) in [5.74, 6) is -4.38. The molecule has 0 fully saturated rings. The van der Waals surface area contributed by atoms with Crippen LogP contribution < -0.4 is 11.1 Å². The van der Waals surface area contributed by atoms with Gasteiger partial charge in [-0.2, -0.15) is 0 Å². The number of nitrogens with two attached hydrogens (primary N) is 1. The second-order valence-corrected chi connectivity index (χ2v) is 7.48. The summed E-state index contributed by atoms with van der Waals surface area (Å²) in [7, 11) is 1.29. The van der Waals surface area contributed by atoms with Crippen molar-refractivity contribution in [3.8, 4) is 0 Å². The Labute approximate surface area is 213 Å². The molecule has 0 radical (unpaired) electrons. The molecule has 1 atom stereocenters. The number of ether oxygens (including phenoxy) is 3. The van der Waals surface area contributed by atoms with E-state index >= 15 is 0 Å². The zero-order chi connectivity index (χ0) is 27.3. The Balaban J connectivity index is 0.000000697. The Morgan fingerprint density at radius 2 is 1.69 bits per heavy atom. The fraction of sp³-hybridized carbons (Fsp3) is 0.333. The van der Waals surface area contributed by atoms with E-state index in [0.717, 1.165) is 0 Å². The number of halogens is 1. The van der Waals surface area contributed by atoms with Crippen LogP contribution in [0.1, 0.15) is 25.3 Å². The third-order valence-corrected chi connectivity index (χ3v) is 4.98. The largest absolute Gasteiger partial charge is 0.478 e. The highest BCUT2D eigenvalue weighted by molar-refractivity contribution is 6.31. The van der Waals surface area contributed by atoms with Gasteiger partial charge in [-0.05, 0) is 25.5 Å². The highest BCUT2D eigenvalue weighted by Crippen LogP contribution is 2.41. The van der Waals surface area contributed by atoms with Crippen LogP contribution in [0, 0.1) is 0 Å². The van der Waals surface area contributed by atoms with Crippen LogP contribution in [0.5, 0.6) is 0 Å². The number of carboxylic acid groups (broad SMARTS) is 2. The summed E-state index contributed by atoms with van der Waals surface area (Å²) in [5.41, 5.74) is 7.70. The van der Waals surface area contributed by atoms with Gasteiger partial charge in [-0.1, -0.05) is 29.8 Å². The first-order chi connectivity index (χ1) is 17.1. The summed E-state index contributed by atoms with van der Waals surface area (Å²) in [6.45, 7) is 4.42. The Morgan fingerprint density at radius 1 is 1.08 bits per heavy atom. The van der Waals surface area contributed by atoms with Crippen molar-refractivity contribution < 1.29 is 43.6 Å². The van der Waals surface area contributed by atoms with E-state index in [1.165, 1.54) is 7.11 Å². The van der Waals surface area contributed by atoms with Crippen molar-refractivity contribution in [2.75, 3.05) is 33.5 Å². The summed E-state index contributed by atoms with van der Waals surface area (Å²) >= 11 is 6.42. The molecule has 1 aliphatic rings. The lowest BCUT2D eigenvalue weighted by atomic mass is 9.80. The molecule has 0 aromatic heterocycles. The molecule has 0 saturated heterocycles. The van der Waals surface area contributed by atoms with E-state index < -0.39 is 29.8 Å². The number of carbonyl (C=O) groups excluding carboxylic acids is 2. The molecule has 0 saturated carbocycles. The number of benzene rings is 1. The number of hydrogen-bond acceptors (Lipinski definition) is 9. The molecule has 36 heavy (non-hydrogen) atoms. The van der Waals surface area contributed by atoms with Crippen LogP contribution in [-0.2, 0) is 33.4 Å². The quantitative estimate of drug-likeness (QED) is 0.200. The maximum Gasteiger partial charge on any atom is 0.336 e. The highest BCUT2D eigenvalue weighted by atomic mass is 35.5. The minimum Gasteiger partial charge on any atom is -0.478 e. The summed E-state index contributed by atoms with van der Waals surface area (Å²) in [6.07, 6.45) is 1.12. The number of dihydropyridines is 1. The monoisotopic (exact) mass is 524 g/mol. The van der Waals surface area contributed by atoms with E-state index in [1.807, 2.05) is 0 Å². The Morgan fingerprint density at radius 3 is 2.19 bits per heavy atom. The zero-order valence-corrected chi connectivity index (χ0v) is 20.8. The minimum absolute atomic E-state index is 0.109. The van der Waals surface area contributed by atoms with Gasteiger partial charge in [-0.25, -0.2) is 19.2 Å². The van der Waals surface area contributed by atoms with Crippen LogP contribution in [0.3, 0.4) is 0 Å². The third-order valence-electron chi connectivity index (χ3n) is 4.64. The van der Waals surface area contributed by atoms with E-state index in [-0.39, 0.29) is 18.8 Å². The number of carbonyl (C=O) groups is 4. The van der Waals surface area contributed by atoms with Gasteiger partial charge in [0, 0.05) is 29.4 Å². The van der Waals surface area contributed by atoms with Gasteiger partial charge in [-0.3, -0.25) is 0 Å². The Hall–Kier alpha value is -3.67. The molecule has 0 aliphatic carbocycles. The Kier molecular flexibility index (Phi) is 12.9. The van der Waals surface area contributed by atoms with E-state index in [4.69, 9.17) is 41.8 Å². The van der Waals surface area contributed by atoms with Gasteiger partial charge >= 0.3 is 23.9 Å². The molecule has 1 aliphatic heterocycles. The summed E-state index contributed by atoms with van der Waals surface area (Å²) in [5, 5.41) is 19.1. The van der Waals surface area contributed by atoms with E-state index in [2.05, 4.69) is 5.32 Å². The van der Waals surface area contributed by atoms with Crippen molar-refractivity contribution in [3.63, 3.8) is 0 Å². The molecule has 12 heteroatoms. The number of aliphatic carboxylic acids is 2. The molecule has 0 spiro atoms. The van der Waals surface area contributed by atoms with Crippen molar-refractivity contribution in [3.05, 3.63) is 69.5 Å². The van der Waals surface area contributed by atoms with E-state index in [0.29, 0.717) is 52.9 Å². The molecule has 11 nitrogen and oxygen atoms in total. The van der Waals surface area contributed by atoms with Crippen molar-refractivity contribution in [1.29, 1.82) is 0 Å². The predicted octanol–water partition coefficient (Wildman–Crippen LogP) is 1.98. The molecule has 5 N–H and O–H groups in total. The molecule has 0 bridgehead atoms. The standard InChI is InChI=1S/C20H25ClN2O5.C4H4O4/c1-4-28-20(25)18-15(11-27-10-9-22)23-12(2)16(19(24)26-3)17(18)13-7-5-6-8-14(13)21;5-3(6)1-2-4(7)8/h5-8,17,23H,4,9-11,22H2,1-3H3;1-2H,(H,5,6)(H,7,8)/b;2-1+. The van der Waals surface area contributed by atoms with Crippen molar-refractivity contribution >= 4 is 35.5 Å². The maximum absolute atomic E-state index is 12.9. The number of hydrogen-bond donors (Lipinski definition) is 4. The zero-order valence-electron chi connectivity index (χ0n) is 20.1. The number of rotatable bonds is 10. The van der Waals surface area contributed by atoms with Gasteiger partial charge in [-0.15, -0.1) is 0 Å².